The normalized spacial score (nSPS) is 11.0. The average molecular weight is 427 g/mol. The molecule has 0 bridgehead atoms. The molecule has 0 saturated carbocycles. The van der Waals surface area contributed by atoms with Gasteiger partial charge in [-0.1, -0.05) is 18.2 Å². The van der Waals surface area contributed by atoms with E-state index in [1.54, 1.807) is 38.1 Å². The summed E-state index contributed by atoms with van der Waals surface area (Å²) in [5.74, 6) is -0.200. The molecule has 0 saturated heterocycles. The van der Waals surface area contributed by atoms with E-state index in [0.717, 1.165) is 5.56 Å². The number of anilines is 1. The molecule has 0 radical (unpaired) electrons. The van der Waals surface area contributed by atoms with E-state index < -0.39 is 21.8 Å². The molecule has 3 N–H and O–H groups in total. The Balaban J connectivity index is 1.71. The number of hydrogen-bond acceptors (Lipinski definition) is 5. The van der Waals surface area contributed by atoms with Crippen LogP contribution < -0.4 is 15.6 Å². The third-order valence-electron chi connectivity index (χ3n) is 4.25. The molecule has 0 spiro atoms. The number of carbonyl (C=O) groups is 2. The Labute approximate surface area is 174 Å². The first kappa shape index (κ1) is 21.1. The van der Waals surface area contributed by atoms with Crippen LogP contribution in [0.3, 0.4) is 0 Å². The van der Waals surface area contributed by atoms with E-state index in [0.29, 0.717) is 22.8 Å². The molecule has 3 aromatic rings. The number of nitrogens with one attached hydrogen (secondary N) is 3. The third kappa shape index (κ3) is 4.87. The van der Waals surface area contributed by atoms with Gasteiger partial charge in [0.05, 0.1) is 10.5 Å². The first-order valence-corrected chi connectivity index (χ1v) is 10.5. The summed E-state index contributed by atoms with van der Waals surface area (Å²) in [6.45, 7) is 5.20. The highest BCUT2D eigenvalue weighted by Crippen LogP contribution is 2.18. The van der Waals surface area contributed by atoms with E-state index >= 15 is 0 Å². The van der Waals surface area contributed by atoms with Gasteiger partial charge in [0, 0.05) is 11.3 Å². The number of hydrogen-bond donors (Lipinski definition) is 3. The molecule has 8 nitrogen and oxygen atoms in total. The molecule has 3 rings (SSSR count). The van der Waals surface area contributed by atoms with E-state index in [9.17, 15) is 18.0 Å². The summed E-state index contributed by atoms with van der Waals surface area (Å²) in [5.41, 5.74) is 6.26. The van der Waals surface area contributed by atoms with Crippen LogP contribution in [0.5, 0.6) is 0 Å². The first-order valence-electron chi connectivity index (χ1n) is 9.03. The second-order valence-electron chi connectivity index (χ2n) is 6.74. The fraction of sp³-hybridized carbons (Fsp3) is 0.143. The van der Waals surface area contributed by atoms with Crippen LogP contribution in [-0.4, -0.2) is 20.2 Å². The lowest BCUT2D eigenvalue weighted by Crippen LogP contribution is -2.41. The van der Waals surface area contributed by atoms with E-state index in [2.05, 4.69) is 15.6 Å². The highest BCUT2D eigenvalue weighted by atomic mass is 32.2. The van der Waals surface area contributed by atoms with Gasteiger partial charge in [-0.3, -0.25) is 25.2 Å². The molecular formula is C21H21N3O5S. The Kier molecular flexibility index (Phi) is 5.93. The molecule has 0 aliphatic heterocycles. The Bertz CT molecular complexity index is 1210. The topological polar surface area (TPSA) is 118 Å². The molecule has 0 atom stereocenters. The Morgan fingerprint density at radius 3 is 2.23 bits per heavy atom. The van der Waals surface area contributed by atoms with Gasteiger partial charge in [-0.05, 0) is 62.7 Å². The molecule has 2 amide bonds. The van der Waals surface area contributed by atoms with Crippen LogP contribution in [-0.2, 0) is 10.0 Å². The van der Waals surface area contributed by atoms with Gasteiger partial charge in [0.25, 0.3) is 21.8 Å². The number of hydrazine groups is 1. The van der Waals surface area contributed by atoms with Gasteiger partial charge >= 0.3 is 0 Å². The monoisotopic (exact) mass is 427 g/mol. The molecule has 30 heavy (non-hydrogen) atoms. The number of sulfonamides is 1. The van der Waals surface area contributed by atoms with E-state index in [1.807, 2.05) is 13.0 Å². The van der Waals surface area contributed by atoms with Crippen molar-refractivity contribution in [3.63, 3.8) is 0 Å². The number of aryl methyl sites for hydroxylation is 3. The highest BCUT2D eigenvalue weighted by Gasteiger charge is 2.18. The number of furan rings is 1. The maximum atomic E-state index is 12.7. The standard InChI is InChI=1S/C21H21N3O5S/c1-13-6-4-8-17(10-13)24-30(27,28)18-9-5-7-16(12-18)20(25)22-23-21(26)19-11-14(2)29-15(19)3/h4-12,24H,1-3H3,(H,22,25)(H,23,26). The fourth-order valence-corrected chi connectivity index (χ4v) is 3.93. The minimum absolute atomic E-state index is 0.0718. The molecule has 0 aliphatic rings. The minimum atomic E-state index is -3.89. The zero-order chi connectivity index (χ0) is 21.9. The second kappa shape index (κ2) is 8.42. The van der Waals surface area contributed by atoms with Crippen LogP contribution in [0.1, 0.15) is 37.8 Å². The minimum Gasteiger partial charge on any atom is -0.466 e. The maximum Gasteiger partial charge on any atom is 0.273 e. The van der Waals surface area contributed by atoms with E-state index in [-0.39, 0.29) is 10.5 Å². The summed E-state index contributed by atoms with van der Waals surface area (Å²) in [4.78, 5) is 24.5. The molecular weight excluding hydrogens is 406 g/mol. The van der Waals surface area contributed by atoms with Gasteiger partial charge in [-0.2, -0.15) is 0 Å². The van der Waals surface area contributed by atoms with Crippen molar-refractivity contribution in [3.8, 4) is 0 Å². The summed E-state index contributed by atoms with van der Waals surface area (Å²) < 4.78 is 33.1. The van der Waals surface area contributed by atoms with Crippen molar-refractivity contribution in [2.24, 2.45) is 0 Å². The van der Waals surface area contributed by atoms with E-state index in [1.165, 1.54) is 24.3 Å². The SMILES string of the molecule is Cc1cccc(NS(=O)(=O)c2cccc(C(=O)NNC(=O)c3cc(C)oc3C)c2)c1. The van der Waals surface area contributed by atoms with Crippen LogP contribution in [0.2, 0.25) is 0 Å². The number of amides is 2. The Morgan fingerprint density at radius 2 is 1.57 bits per heavy atom. The Morgan fingerprint density at radius 1 is 0.867 bits per heavy atom. The van der Waals surface area contributed by atoms with Crippen molar-refractivity contribution in [1.29, 1.82) is 0 Å². The molecule has 0 fully saturated rings. The van der Waals surface area contributed by atoms with Crippen molar-refractivity contribution < 1.29 is 22.4 Å². The number of carbonyl (C=O) groups excluding carboxylic acids is 2. The third-order valence-corrected chi connectivity index (χ3v) is 5.63. The largest absolute Gasteiger partial charge is 0.466 e. The predicted octanol–water partition coefficient (Wildman–Crippen LogP) is 3.08. The summed E-state index contributed by atoms with van der Waals surface area (Å²) in [6.07, 6.45) is 0. The van der Waals surface area contributed by atoms with Gasteiger partial charge in [0.15, 0.2) is 0 Å². The average Bonchev–Trinajstić information content (AvgIpc) is 3.04. The van der Waals surface area contributed by atoms with Crippen molar-refractivity contribution in [2.45, 2.75) is 25.7 Å². The molecule has 2 aromatic carbocycles. The Hall–Kier alpha value is -3.59. The molecule has 1 aromatic heterocycles. The molecule has 0 aliphatic carbocycles. The van der Waals surface area contributed by atoms with Crippen molar-refractivity contribution in [2.75, 3.05) is 4.72 Å². The van der Waals surface area contributed by atoms with Crippen LogP contribution in [0, 0.1) is 20.8 Å². The number of rotatable bonds is 5. The van der Waals surface area contributed by atoms with Crippen molar-refractivity contribution in [1.82, 2.24) is 10.9 Å². The fourth-order valence-electron chi connectivity index (χ4n) is 2.84. The highest BCUT2D eigenvalue weighted by molar-refractivity contribution is 7.92. The summed E-state index contributed by atoms with van der Waals surface area (Å²) in [7, 11) is -3.89. The molecule has 9 heteroatoms. The van der Waals surface area contributed by atoms with Gasteiger partial charge in [-0.15, -0.1) is 0 Å². The predicted molar refractivity (Wildman–Crippen MR) is 112 cm³/mol. The van der Waals surface area contributed by atoms with Crippen LogP contribution in [0.15, 0.2) is 63.9 Å². The quantitative estimate of drug-likeness (QED) is 0.541. The van der Waals surface area contributed by atoms with Gasteiger partial charge < -0.3 is 4.42 Å². The zero-order valence-corrected chi connectivity index (χ0v) is 17.5. The molecule has 156 valence electrons. The van der Waals surface area contributed by atoms with Crippen molar-refractivity contribution >= 4 is 27.5 Å². The van der Waals surface area contributed by atoms with Crippen LogP contribution in [0.25, 0.3) is 0 Å². The summed E-state index contributed by atoms with van der Waals surface area (Å²) in [5, 5.41) is 0. The lowest BCUT2D eigenvalue weighted by molar-refractivity contribution is 0.0845. The first-order chi connectivity index (χ1) is 14.2. The molecule has 1 heterocycles. The lowest BCUT2D eigenvalue weighted by Gasteiger charge is -2.11. The lowest BCUT2D eigenvalue weighted by atomic mass is 10.2. The van der Waals surface area contributed by atoms with Gasteiger partial charge in [0.1, 0.15) is 11.5 Å². The molecule has 0 unspecified atom stereocenters. The zero-order valence-electron chi connectivity index (χ0n) is 16.6. The van der Waals surface area contributed by atoms with Crippen LogP contribution >= 0.6 is 0 Å². The van der Waals surface area contributed by atoms with E-state index in [4.69, 9.17) is 4.42 Å². The summed E-state index contributed by atoms with van der Waals surface area (Å²) >= 11 is 0. The number of benzene rings is 2. The second-order valence-corrected chi connectivity index (χ2v) is 8.42. The summed E-state index contributed by atoms with van der Waals surface area (Å²) in [6, 6.07) is 14.0. The van der Waals surface area contributed by atoms with Gasteiger partial charge in [-0.25, -0.2) is 8.42 Å². The maximum absolute atomic E-state index is 12.7. The van der Waals surface area contributed by atoms with Crippen molar-refractivity contribution in [3.05, 3.63) is 82.8 Å². The smallest absolute Gasteiger partial charge is 0.273 e. The van der Waals surface area contributed by atoms with Crippen LogP contribution in [0.4, 0.5) is 5.69 Å². The van der Waals surface area contributed by atoms with Gasteiger partial charge in [0.2, 0.25) is 0 Å².